The van der Waals surface area contributed by atoms with Crippen LogP contribution in [0.15, 0.2) is 58.3 Å². The molecule has 0 unspecified atom stereocenters. The number of benzene rings is 2. The number of aromatic nitrogens is 2. The maximum Gasteiger partial charge on any atom is 0.331 e. The van der Waals surface area contributed by atoms with Gasteiger partial charge < -0.3 is 15.1 Å². The van der Waals surface area contributed by atoms with E-state index in [-0.39, 0.29) is 40.1 Å². The number of carbonyl (C=O) groups excluding carboxylic acids is 2. The number of anilines is 1. The van der Waals surface area contributed by atoms with Crippen molar-refractivity contribution in [3.63, 3.8) is 0 Å². The van der Waals surface area contributed by atoms with Crippen molar-refractivity contribution in [3.05, 3.63) is 85.1 Å². The van der Waals surface area contributed by atoms with Crippen LogP contribution < -0.4 is 16.6 Å². The lowest BCUT2D eigenvalue weighted by Crippen LogP contribution is -2.51. The molecule has 0 saturated carbocycles. The first kappa shape index (κ1) is 28.0. The molecule has 1 aromatic heterocycles. The van der Waals surface area contributed by atoms with Crippen LogP contribution in [-0.4, -0.2) is 56.5 Å². The van der Waals surface area contributed by atoms with Crippen molar-refractivity contribution in [1.29, 1.82) is 0 Å². The molecule has 0 aliphatic carbocycles. The van der Waals surface area contributed by atoms with Crippen LogP contribution in [0.4, 0.5) is 10.5 Å². The van der Waals surface area contributed by atoms with Crippen LogP contribution in [0, 0.1) is 0 Å². The Kier molecular flexibility index (Phi) is 8.05. The lowest BCUT2D eigenvalue weighted by molar-refractivity contribution is -0.133. The summed E-state index contributed by atoms with van der Waals surface area (Å²) in [6.07, 6.45) is 3.44. The van der Waals surface area contributed by atoms with E-state index in [4.69, 9.17) is 23.2 Å². The summed E-state index contributed by atoms with van der Waals surface area (Å²) >= 11 is 12.6. The molecule has 2 aliphatic rings. The third-order valence-corrected chi connectivity index (χ3v) is 8.47. The van der Waals surface area contributed by atoms with Gasteiger partial charge in [-0.05, 0) is 50.8 Å². The Balaban J connectivity index is 1.32. The van der Waals surface area contributed by atoms with Crippen molar-refractivity contribution in [3.8, 4) is 11.1 Å². The van der Waals surface area contributed by atoms with E-state index in [1.54, 1.807) is 36.9 Å². The minimum Gasteiger partial charge on any atom is -0.341 e. The summed E-state index contributed by atoms with van der Waals surface area (Å²) in [6.45, 7) is 4.79. The van der Waals surface area contributed by atoms with Gasteiger partial charge in [-0.2, -0.15) is 0 Å². The summed E-state index contributed by atoms with van der Waals surface area (Å²) in [5, 5.41) is 3.50. The van der Waals surface area contributed by atoms with E-state index in [0.29, 0.717) is 38.0 Å². The maximum absolute atomic E-state index is 13.3. The van der Waals surface area contributed by atoms with Crippen LogP contribution in [0.2, 0.25) is 10.0 Å². The lowest BCUT2D eigenvalue weighted by atomic mass is 10.0. The van der Waals surface area contributed by atoms with E-state index >= 15 is 0 Å². The Hall–Kier alpha value is -3.56. The van der Waals surface area contributed by atoms with Gasteiger partial charge in [0, 0.05) is 49.2 Å². The molecule has 1 saturated heterocycles. The molecule has 0 atom stereocenters. The van der Waals surface area contributed by atoms with E-state index < -0.39 is 17.3 Å². The number of hydrogen-bond donors (Lipinski definition) is 1. The number of halogens is 2. The van der Waals surface area contributed by atoms with Gasteiger partial charge in [0.2, 0.25) is 5.91 Å². The Labute approximate surface area is 241 Å². The third kappa shape index (κ3) is 5.40. The molecule has 9 nitrogen and oxygen atoms in total. The first-order valence-corrected chi connectivity index (χ1v) is 14.1. The molecule has 3 amide bonds. The predicted octanol–water partition coefficient (Wildman–Crippen LogP) is 4.65. The number of rotatable bonds is 5. The van der Waals surface area contributed by atoms with Crippen LogP contribution in [0.5, 0.6) is 0 Å². The summed E-state index contributed by atoms with van der Waals surface area (Å²) in [5.74, 6) is -0.231. The Morgan fingerprint density at radius 2 is 1.70 bits per heavy atom. The molecule has 0 bridgehead atoms. The minimum absolute atomic E-state index is 0.0144. The fourth-order valence-corrected chi connectivity index (χ4v) is 5.90. The first-order valence-electron chi connectivity index (χ1n) is 13.4. The highest BCUT2D eigenvalue weighted by Gasteiger charge is 2.31. The number of fused-ring (bicyclic) bond motifs is 1. The second kappa shape index (κ2) is 11.5. The van der Waals surface area contributed by atoms with E-state index in [9.17, 15) is 19.2 Å². The maximum atomic E-state index is 13.3. The molecule has 1 fully saturated rings. The molecule has 0 radical (unpaired) electrons. The number of piperidine rings is 1. The number of para-hydroxylation sites is 1. The van der Waals surface area contributed by atoms with E-state index in [1.165, 1.54) is 10.8 Å². The predicted molar refractivity (Wildman–Crippen MR) is 156 cm³/mol. The van der Waals surface area contributed by atoms with Crippen molar-refractivity contribution < 1.29 is 9.59 Å². The van der Waals surface area contributed by atoms with Crippen molar-refractivity contribution >= 4 is 40.8 Å². The second-order valence-electron chi connectivity index (χ2n) is 10.5. The number of nitrogens with one attached hydrogen (secondary N) is 1. The van der Waals surface area contributed by atoms with E-state index in [0.717, 1.165) is 22.2 Å². The molecule has 1 N–H and O–H groups in total. The Morgan fingerprint density at radius 3 is 2.42 bits per heavy atom. The van der Waals surface area contributed by atoms with Crippen LogP contribution in [-0.2, 0) is 17.8 Å². The van der Waals surface area contributed by atoms with Gasteiger partial charge in [0.1, 0.15) is 6.54 Å². The highest BCUT2D eigenvalue weighted by atomic mass is 35.5. The topological polar surface area (TPSA) is 96.7 Å². The third-order valence-electron chi connectivity index (χ3n) is 7.65. The van der Waals surface area contributed by atoms with Crippen molar-refractivity contribution in [2.24, 2.45) is 0 Å². The van der Waals surface area contributed by atoms with Crippen LogP contribution in [0.25, 0.3) is 11.1 Å². The second-order valence-corrected chi connectivity index (χ2v) is 11.3. The van der Waals surface area contributed by atoms with Gasteiger partial charge in [0.25, 0.3) is 5.56 Å². The molecule has 2 aromatic carbocycles. The number of carbonyl (C=O) groups is 2. The molecular weight excluding hydrogens is 553 g/mol. The highest BCUT2D eigenvalue weighted by molar-refractivity contribution is 6.43. The van der Waals surface area contributed by atoms with Gasteiger partial charge in [-0.3, -0.25) is 18.7 Å². The van der Waals surface area contributed by atoms with Gasteiger partial charge in [-0.15, -0.1) is 0 Å². The summed E-state index contributed by atoms with van der Waals surface area (Å²) in [4.78, 5) is 56.4. The van der Waals surface area contributed by atoms with Crippen molar-refractivity contribution in [2.75, 3.05) is 25.0 Å². The number of likely N-dealkylation sites (tertiary alicyclic amines) is 1. The molecule has 5 rings (SSSR count). The smallest absolute Gasteiger partial charge is 0.331 e. The first-order chi connectivity index (χ1) is 19.2. The minimum atomic E-state index is -0.564. The summed E-state index contributed by atoms with van der Waals surface area (Å²) in [6, 6.07) is 12.2. The SMILES string of the molecule is CC(C)n1c(=O)c(-c2cccc(Cl)c2Cl)cn(CC(=O)N2CCC(N3CCc4ccccc4NC3=O)CC2)c1=O. The van der Waals surface area contributed by atoms with E-state index in [2.05, 4.69) is 5.32 Å². The Bertz CT molecular complexity index is 1570. The normalized spacial score (nSPS) is 16.1. The summed E-state index contributed by atoms with van der Waals surface area (Å²) in [7, 11) is 0. The fraction of sp³-hybridized carbons (Fsp3) is 0.379. The number of nitrogens with zero attached hydrogens (tertiary/aromatic N) is 4. The fourth-order valence-electron chi connectivity index (χ4n) is 5.50. The average molecular weight is 585 g/mol. The van der Waals surface area contributed by atoms with Crippen molar-refractivity contribution in [1.82, 2.24) is 18.9 Å². The van der Waals surface area contributed by atoms with Crippen molar-refractivity contribution in [2.45, 2.75) is 51.7 Å². The number of urea groups is 1. The molecular formula is C29H31Cl2N5O4. The van der Waals surface area contributed by atoms with Crippen LogP contribution >= 0.6 is 23.2 Å². The van der Waals surface area contributed by atoms with Gasteiger partial charge in [-0.25, -0.2) is 9.59 Å². The van der Waals surface area contributed by atoms with Gasteiger partial charge in [0.15, 0.2) is 0 Å². The van der Waals surface area contributed by atoms with Crippen LogP contribution in [0.1, 0.15) is 38.3 Å². The number of hydrogen-bond acceptors (Lipinski definition) is 4. The zero-order valence-corrected chi connectivity index (χ0v) is 23.9. The lowest BCUT2D eigenvalue weighted by Gasteiger charge is -2.38. The highest BCUT2D eigenvalue weighted by Crippen LogP contribution is 2.32. The zero-order valence-electron chi connectivity index (χ0n) is 22.4. The van der Waals surface area contributed by atoms with Gasteiger partial charge in [-0.1, -0.05) is 53.5 Å². The monoisotopic (exact) mass is 583 g/mol. The molecule has 210 valence electrons. The molecule has 40 heavy (non-hydrogen) atoms. The Morgan fingerprint density at radius 1 is 0.975 bits per heavy atom. The molecule has 0 spiro atoms. The van der Waals surface area contributed by atoms with Gasteiger partial charge >= 0.3 is 11.7 Å². The quantitative estimate of drug-likeness (QED) is 0.473. The number of amides is 3. The molecule has 2 aliphatic heterocycles. The zero-order chi connectivity index (χ0) is 28.6. The largest absolute Gasteiger partial charge is 0.341 e. The summed E-state index contributed by atoms with van der Waals surface area (Å²) < 4.78 is 2.39. The van der Waals surface area contributed by atoms with Gasteiger partial charge in [0.05, 0.1) is 15.6 Å². The molecule has 11 heteroatoms. The summed E-state index contributed by atoms with van der Waals surface area (Å²) in [5.41, 5.74) is 1.48. The van der Waals surface area contributed by atoms with Crippen LogP contribution in [0.3, 0.4) is 0 Å². The standard InChI is InChI=1S/C29H31Cl2N5O4/c1-18(2)36-27(38)22(21-7-5-8-23(30)26(21)31)16-34(29(36)40)17-25(37)33-13-11-20(12-14-33)35-15-10-19-6-3-4-9-24(19)32-28(35)39/h3-9,16,18,20H,10-15,17H2,1-2H3,(H,32,39). The molecule has 3 heterocycles. The van der Waals surface area contributed by atoms with E-state index in [1.807, 2.05) is 29.2 Å². The average Bonchev–Trinajstić information content (AvgIpc) is 3.10. The molecule has 3 aromatic rings.